The summed E-state index contributed by atoms with van der Waals surface area (Å²) in [6.45, 7) is 2.11. The van der Waals surface area contributed by atoms with Crippen LogP contribution in [0.2, 0.25) is 5.15 Å². The summed E-state index contributed by atoms with van der Waals surface area (Å²) in [6.07, 6.45) is 0.915. The molecular weight excluding hydrogens is 292 g/mol. The number of para-hydroxylation sites is 1. The van der Waals surface area contributed by atoms with Crippen molar-refractivity contribution in [3.63, 3.8) is 0 Å². The molecule has 0 atom stereocenters. The fourth-order valence-corrected chi connectivity index (χ4v) is 3.13. The van der Waals surface area contributed by atoms with Gasteiger partial charge in [-0.25, -0.2) is 9.97 Å². The second-order valence-corrected chi connectivity index (χ2v) is 5.62. The molecular formula is C15H13ClN2OS. The van der Waals surface area contributed by atoms with E-state index in [0.29, 0.717) is 11.0 Å². The second kappa shape index (κ2) is 5.38. The first-order valence-corrected chi connectivity index (χ1v) is 7.56. The van der Waals surface area contributed by atoms with Gasteiger partial charge in [0, 0.05) is 16.8 Å². The van der Waals surface area contributed by atoms with Crippen molar-refractivity contribution < 1.29 is 4.74 Å². The zero-order chi connectivity index (χ0) is 14.1. The molecule has 20 heavy (non-hydrogen) atoms. The van der Waals surface area contributed by atoms with Gasteiger partial charge in [0.1, 0.15) is 10.9 Å². The van der Waals surface area contributed by atoms with E-state index in [2.05, 4.69) is 23.0 Å². The van der Waals surface area contributed by atoms with Crippen LogP contribution in [-0.2, 0) is 6.42 Å². The molecule has 102 valence electrons. The minimum absolute atomic E-state index is 0.493. The van der Waals surface area contributed by atoms with Crippen LogP contribution in [0, 0.1) is 0 Å². The Balaban J connectivity index is 2.22. The number of methoxy groups -OCH3 is 1. The van der Waals surface area contributed by atoms with Crippen molar-refractivity contribution in [2.45, 2.75) is 13.3 Å². The zero-order valence-electron chi connectivity index (χ0n) is 11.2. The van der Waals surface area contributed by atoms with Gasteiger partial charge in [0.15, 0.2) is 5.82 Å². The first-order chi connectivity index (χ1) is 9.72. The fourth-order valence-electron chi connectivity index (χ4n) is 2.11. The first kappa shape index (κ1) is 13.3. The summed E-state index contributed by atoms with van der Waals surface area (Å²) in [5.41, 5.74) is 2.11. The average molecular weight is 305 g/mol. The van der Waals surface area contributed by atoms with Crippen LogP contribution < -0.4 is 4.74 Å². The van der Waals surface area contributed by atoms with E-state index in [1.807, 2.05) is 23.6 Å². The van der Waals surface area contributed by atoms with E-state index in [0.717, 1.165) is 28.0 Å². The lowest BCUT2D eigenvalue weighted by Gasteiger charge is -2.06. The van der Waals surface area contributed by atoms with E-state index >= 15 is 0 Å². The monoisotopic (exact) mass is 304 g/mol. The highest BCUT2D eigenvalue weighted by Crippen LogP contribution is 2.32. The molecule has 0 saturated heterocycles. The quantitative estimate of drug-likeness (QED) is 0.664. The minimum atomic E-state index is 0.493. The van der Waals surface area contributed by atoms with Gasteiger partial charge in [-0.3, -0.25) is 0 Å². The predicted molar refractivity (Wildman–Crippen MR) is 83.8 cm³/mol. The molecule has 0 spiro atoms. The van der Waals surface area contributed by atoms with E-state index in [1.54, 1.807) is 18.4 Å². The third-order valence-electron chi connectivity index (χ3n) is 3.18. The van der Waals surface area contributed by atoms with Gasteiger partial charge in [-0.05, 0) is 18.1 Å². The van der Waals surface area contributed by atoms with Gasteiger partial charge < -0.3 is 4.74 Å². The predicted octanol–water partition coefficient (Wildman–Crippen LogP) is 4.58. The molecule has 1 aromatic carbocycles. The number of rotatable bonds is 3. The van der Waals surface area contributed by atoms with Crippen LogP contribution in [0.15, 0.2) is 29.6 Å². The van der Waals surface area contributed by atoms with Crippen molar-refractivity contribution in [2.24, 2.45) is 0 Å². The molecule has 0 amide bonds. The van der Waals surface area contributed by atoms with Crippen LogP contribution in [-0.4, -0.2) is 17.1 Å². The Morgan fingerprint density at radius 3 is 2.85 bits per heavy atom. The Morgan fingerprint density at radius 2 is 2.15 bits per heavy atom. The molecule has 0 aliphatic carbocycles. The van der Waals surface area contributed by atoms with Crippen LogP contribution in [0.1, 0.15) is 12.5 Å². The Bertz CT molecular complexity index is 770. The summed E-state index contributed by atoms with van der Waals surface area (Å²) >= 11 is 7.85. The largest absolute Gasteiger partial charge is 0.496 e. The smallest absolute Gasteiger partial charge is 0.171 e. The molecule has 3 aromatic rings. The molecule has 0 fully saturated rings. The maximum absolute atomic E-state index is 6.30. The van der Waals surface area contributed by atoms with Crippen molar-refractivity contribution in [3.8, 4) is 16.5 Å². The number of hydrogen-bond donors (Lipinski definition) is 0. The SMILES string of the molecule is CCc1cccc2c(Cl)nc(-c3cc(OC)cs3)nc12. The van der Waals surface area contributed by atoms with Gasteiger partial charge in [-0.2, -0.15) is 0 Å². The maximum Gasteiger partial charge on any atom is 0.171 e. The second-order valence-electron chi connectivity index (χ2n) is 4.36. The number of halogens is 1. The van der Waals surface area contributed by atoms with Crippen LogP contribution in [0.25, 0.3) is 21.6 Å². The summed E-state index contributed by atoms with van der Waals surface area (Å²) in [4.78, 5) is 10.0. The van der Waals surface area contributed by atoms with Gasteiger partial charge in [0.05, 0.1) is 17.5 Å². The van der Waals surface area contributed by atoms with Gasteiger partial charge in [-0.15, -0.1) is 11.3 Å². The minimum Gasteiger partial charge on any atom is -0.496 e. The maximum atomic E-state index is 6.30. The number of benzene rings is 1. The molecule has 2 heterocycles. The van der Waals surface area contributed by atoms with Crippen LogP contribution in [0.5, 0.6) is 5.75 Å². The number of aromatic nitrogens is 2. The standard InChI is InChI=1S/C15H13ClN2OS/c1-3-9-5-4-6-11-13(9)17-15(18-14(11)16)12-7-10(19-2)8-20-12/h4-8H,3H2,1-2H3. The molecule has 3 nitrogen and oxygen atoms in total. The summed E-state index contributed by atoms with van der Waals surface area (Å²) in [7, 11) is 1.65. The summed E-state index contributed by atoms with van der Waals surface area (Å²) < 4.78 is 5.20. The highest BCUT2D eigenvalue weighted by atomic mass is 35.5. The number of nitrogens with zero attached hydrogens (tertiary/aromatic N) is 2. The topological polar surface area (TPSA) is 35.0 Å². The van der Waals surface area contributed by atoms with Crippen molar-refractivity contribution in [2.75, 3.05) is 7.11 Å². The number of thiophene rings is 1. The van der Waals surface area contributed by atoms with Gasteiger partial charge in [0.25, 0.3) is 0 Å². The highest BCUT2D eigenvalue weighted by Gasteiger charge is 2.12. The van der Waals surface area contributed by atoms with E-state index in [-0.39, 0.29) is 0 Å². The van der Waals surface area contributed by atoms with Crippen LogP contribution in [0.3, 0.4) is 0 Å². The number of fused-ring (bicyclic) bond motifs is 1. The lowest BCUT2D eigenvalue weighted by Crippen LogP contribution is -1.94. The fraction of sp³-hybridized carbons (Fsp3) is 0.200. The Labute approximate surface area is 126 Å². The molecule has 2 aromatic heterocycles. The van der Waals surface area contributed by atoms with Crippen molar-refractivity contribution >= 4 is 33.8 Å². The van der Waals surface area contributed by atoms with E-state index in [1.165, 1.54) is 5.56 Å². The third-order valence-corrected chi connectivity index (χ3v) is 4.37. The lowest BCUT2D eigenvalue weighted by molar-refractivity contribution is 0.417. The van der Waals surface area contributed by atoms with Crippen molar-refractivity contribution in [1.29, 1.82) is 0 Å². The zero-order valence-corrected chi connectivity index (χ0v) is 12.8. The average Bonchev–Trinajstić information content (AvgIpc) is 2.95. The summed E-state index contributed by atoms with van der Waals surface area (Å²) in [6, 6.07) is 7.95. The molecule has 0 radical (unpaired) electrons. The molecule has 0 N–H and O–H groups in total. The Hall–Kier alpha value is -1.65. The molecule has 0 bridgehead atoms. The normalized spacial score (nSPS) is 10.9. The number of aryl methyl sites for hydroxylation is 1. The van der Waals surface area contributed by atoms with Crippen molar-refractivity contribution in [1.82, 2.24) is 9.97 Å². The first-order valence-electron chi connectivity index (χ1n) is 6.31. The van der Waals surface area contributed by atoms with Gasteiger partial charge >= 0.3 is 0 Å². The van der Waals surface area contributed by atoms with E-state index in [4.69, 9.17) is 16.3 Å². The van der Waals surface area contributed by atoms with Crippen LogP contribution in [0.4, 0.5) is 0 Å². The van der Waals surface area contributed by atoms with Gasteiger partial charge in [0.2, 0.25) is 0 Å². The number of ether oxygens (including phenoxy) is 1. The third kappa shape index (κ3) is 2.25. The molecule has 5 heteroatoms. The molecule has 0 aliphatic rings. The Kier molecular flexibility index (Phi) is 3.59. The van der Waals surface area contributed by atoms with E-state index in [9.17, 15) is 0 Å². The molecule has 0 saturated carbocycles. The Morgan fingerprint density at radius 1 is 1.30 bits per heavy atom. The highest BCUT2D eigenvalue weighted by molar-refractivity contribution is 7.13. The summed E-state index contributed by atoms with van der Waals surface area (Å²) in [5, 5.41) is 3.33. The summed E-state index contributed by atoms with van der Waals surface area (Å²) in [5.74, 6) is 1.46. The number of hydrogen-bond acceptors (Lipinski definition) is 4. The lowest BCUT2D eigenvalue weighted by atomic mass is 10.1. The molecule has 0 unspecified atom stereocenters. The van der Waals surface area contributed by atoms with Crippen LogP contribution >= 0.6 is 22.9 Å². The molecule has 0 aliphatic heterocycles. The van der Waals surface area contributed by atoms with E-state index < -0.39 is 0 Å². The van der Waals surface area contributed by atoms with Crippen molar-refractivity contribution in [3.05, 3.63) is 40.4 Å². The molecule has 3 rings (SSSR count). The van der Waals surface area contributed by atoms with Gasteiger partial charge in [-0.1, -0.05) is 30.7 Å².